The number of nitrogens with one attached hydrogen (secondary N) is 2. The van der Waals surface area contributed by atoms with E-state index in [2.05, 4.69) is 44.7 Å². The number of hydrazone groups is 1. The Balaban J connectivity index is 1.33. The van der Waals surface area contributed by atoms with Crippen molar-refractivity contribution in [2.45, 2.75) is 0 Å². The molecular weight excluding hydrogens is 408 g/mol. The molecule has 1 heterocycles. The number of H-pyrrole nitrogens is 1. The Morgan fingerprint density at radius 2 is 1.30 bits per heavy atom. The molecule has 1 aromatic heterocycles. The summed E-state index contributed by atoms with van der Waals surface area (Å²) in [4.78, 5) is 17.8. The summed E-state index contributed by atoms with van der Waals surface area (Å²) in [6, 6.07) is 36.2. The van der Waals surface area contributed by atoms with Crippen LogP contribution >= 0.6 is 0 Å². The van der Waals surface area contributed by atoms with Crippen LogP contribution < -0.4 is 10.3 Å². The Morgan fingerprint density at radius 3 is 1.97 bits per heavy atom. The molecule has 5 rings (SSSR count). The summed E-state index contributed by atoms with van der Waals surface area (Å²) in [5.41, 5.74) is 8.19. The van der Waals surface area contributed by atoms with E-state index < -0.39 is 0 Å². The summed E-state index contributed by atoms with van der Waals surface area (Å²) in [5.74, 6) is -0.250. The number of amides is 1. The van der Waals surface area contributed by atoms with Crippen molar-refractivity contribution in [1.29, 1.82) is 0 Å². The molecule has 0 unspecified atom stereocenters. The molecule has 4 aromatic carbocycles. The second-order valence-electron chi connectivity index (χ2n) is 7.55. The molecule has 5 nitrogen and oxygen atoms in total. The third kappa shape index (κ3) is 4.38. The van der Waals surface area contributed by atoms with Gasteiger partial charge in [-0.3, -0.25) is 4.79 Å². The van der Waals surface area contributed by atoms with Crippen LogP contribution in [0.2, 0.25) is 0 Å². The lowest BCUT2D eigenvalue weighted by Gasteiger charge is -2.25. The minimum atomic E-state index is -0.250. The number of hydrogen-bond donors (Lipinski definition) is 2. The van der Waals surface area contributed by atoms with E-state index in [-0.39, 0.29) is 5.91 Å². The van der Waals surface area contributed by atoms with Crippen LogP contribution in [0.5, 0.6) is 0 Å². The topological polar surface area (TPSA) is 60.5 Å². The lowest BCUT2D eigenvalue weighted by molar-refractivity contribution is 0.0957. The van der Waals surface area contributed by atoms with Crippen molar-refractivity contribution in [2.24, 2.45) is 5.10 Å². The van der Waals surface area contributed by atoms with Gasteiger partial charge in [0, 0.05) is 34.2 Å². The molecule has 0 aliphatic heterocycles. The largest absolute Gasteiger partial charge is 0.360 e. The van der Waals surface area contributed by atoms with Crippen molar-refractivity contribution < 1.29 is 4.79 Å². The summed E-state index contributed by atoms with van der Waals surface area (Å²) in [6.45, 7) is 0. The number of anilines is 3. The molecule has 0 saturated heterocycles. The van der Waals surface area contributed by atoms with E-state index in [1.807, 2.05) is 84.9 Å². The maximum Gasteiger partial charge on any atom is 0.273 e. The quantitative estimate of drug-likeness (QED) is 0.242. The van der Waals surface area contributed by atoms with Crippen LogP contribution in [0.3, 0.4) is 0 Å². The first kappa shape index (κ1) is 20.3. The van der Waals surface area contributed by atoms with Gasteiger partial charge in [-0.05, 0) is 48.0 Å². The van der Waals surface area contributed by atoms with Crippen molar-refractivity contribution in [2.75, 3.05) is 4.90 Å². The number of nitrogens with zero attached hydrogens (tertiary/aromatic N) is 2. The van der Waals surface area contributed by atoms with Gasteiger partial charge in [-0.25, -0.2) is 5.43 Å². The Hall–Kier alpha value is -4.64. The number of benzene rings is 4. The highest BCUT2D eigenvalue weighted by atomic mass is 16.2. The Bertz CT molecular complexity index is 1350. The molecule has 160 valence electrons. The molecule has 0 saturated carbocycles. The number of rotatable bonds is 6. The van der Waals surface area contributed by atoms with E-state index in [1.54, 1.807) is 12.4 Å². The van der Waals surface area contributed by atoms with Gasteiger partial charge in [0.05, 0.1) is 11.8 Å². The minimum Gasteiger partial charge on any atom is -0.360 e. The molecule has 0 spiro atoms. The fourth-order valence-electron chi connectivity index (χ4n) is 3.80. The summed E-state index contributed by atoms with van der Waals surface area (Å²) in [7, 11) is 0. The number of aromatic nitrogens is 1. The molecule has 0 aliphatic carbocycles. The molecule has 2 N–H and O–H groups in total. The first-order chi connectivity index (χ1) is 16.3. The van der Waals surface area contributed by atoms with E-state index in [0.29, 0.717) is 5.56 Å². The highest BCUT2D eigenvalue weighted by molar-refractivity contribution is 6.06. The zero-order valence-corrected chi connectivity index (χ0v) is 17.8. The van der Waals surface area contributed by atoms with Crippen LogP contribution in [0, 0.1) is 0 Å². The number of carbonyl (C=O) groups is 1. The number of para-hydroxylation sites is 3. The average molecular weight is 431 g/mol. The molecule has 33 heavy (non-hydrogen) atoms. The molecule has 0 aliphatic rings. The highest BCUT2D eigenvalue weighted by Crippen LogP contribution is 2.33. The lowest BCUT2D eigenvalue weighted by Crippen LogP contribution is -2.17. The monoisotopic (exact) mass is 430 g/mol. The molecule has 0 fully saturated rings. The van der Waals surface area contributed by atoms with E-state index in [9.17, 15) is 4.79 Å². The highest BCUT2D eigenvalue weighted by Gasteiger charge is 2.12. The van der Waals surface area contributed by atoms with E-state index >= 15 is 0 Å². The SMILES string of the molecule is O=C(NN=Cc1ccc(N(c2ccccc2)c2ccccc2)cc1)c1c[nH]c2ccccc12. The van der Waals surface area contributed by atoms with Crippen molar-refractivity contribution in [3.05, 3.63) is 127 Å². The van der Waals surface area contributed by atoms with E-state index in [1.165, 1.54) is 0 Å². The summed E-state index contributed by atoms with van der Waals surface area (Å²) in [6.07, 6.45) is 3.35. The second-order valence-corrected chi connectivity index (χ2v) is 7.55. The van der Waals surface area contributed by atoms with Gasteiger partial charge >= 0.3 is 0 Å². The Morgan fingerprint density at radius 1 is 0.727 bits per heavy atom. The standard InChI is InChI=1S/C28H22N4O/c33-28(26-20-29-27-14-8-7-13-25(26)27)31-30-19-21-15-17-24(18-16-21)32(22-9-3-1-4-10-22)23-11-5-2-6-12-23/h1-20,29H,(H,31,33). The van der Waals surface area contributed by atoms with Crippen LogP contribution in [0.4, 0.5) is 17.1 Å². The first-order valence-electron chi connectivity index (χ1n) is 10.7. The Kier molecular flexibility index (Phi) is 5.68. The first-order valence-corrected chi connectivity index (χ1v) is 10.7. The maximum absolute atomic E-state index is 12.5. The third-order valence-electron chi connectivity index (χ3n) is 5.39. The second kappa shape index (κ2) is 9.24. The zero-order valence-electron chi connectivity index (χ0n) is 17.8. The molecule has 0 bridgehead atoms. The zero-order chi connectivity index (χ0) is 22.5. The van der Waals surface area contributed by atoms with Gasteiger partial charge in [0.15, 0.2) is 0 Å². The van der Waals surface area contributed by atoms with E-state index in [0.717, 1.165) is 33.5 Å². The Labute approximate surface area is 192 Å². The fraction of sp³-hybridized carbons (Fsp3) is 0. The van der Waals surface area contributed by atoms with Crippen LogP contribution in [0.15, 0.2) is 120 Å². The van der Waals surface area contributed by atoms with Gasteiger partial charge in [-0.15, -0.1) is 0 Å². The molecule has 0 atom stereocenters. The van der Waals surface area contributed by atoms with Crippen molar-refractivity contribution in [3.63, 3.8) is 0 Å². The average Bonchev–Trinajstić information content (AvgIpc) is 3.31. The molecule has 5 heteroatoms. The fourth-order valence-corrected chi connectivity index (χ4v) is 3.80. The number of hydrogen-bond acceptors (Lipinski definition) is 3. The smallest absolute Gasteiger partial charge is 0.273 e. The summed E-state index contributed by atoms with van der Waals surface area (Å²) in [5, 5.41) is 5.01. The molecular formula is C28H22N4O. The lowest BCUT2D eigenvalue weighted by atomic mass is 10.1. The van der Waals surface area contributed by atoms with Gasteiger partial charge in [0.2, 0.25) is 0 Å². The van der Waals surface area contributed by atoms with Crippen LogP contribution in [0.1, 0.15) is 15.9 Å². The van der Waals surface area contributed by atoms with Gasteiger partial charge in [0.1, 0.15) is 0 Å². The van der Waals surface area contributed by atoms with E-state index in [4.69, 9.17) is 0 Å². The normalized spacial score (nSPS) is 11.0. The number of carbonyl (C=O) groups excluding carboxylic acids is 1. The van der Waals surface area contributed by atoms with Crippen LogP contribution in [-0.4, -0.2) is 17.1 Å². The van der Waals surface area contributed by atoms with Gasteiger partial charge in [-0.2, -0.15) is 5.10 Å². The third-order valence-corrected chi connectivity index (χ3v) is 5.39. The van der Waals surface area contributed by atoms with Crippen LogP contribution in [0.25, 0.3) is 10.9 Å². The summed E-state index contributed by atoms with van der Waals surface area (Å²) >= 11 is 0. The van der Waals surface area contributed by atoms with Crippen molar-refractivity contribution in [1.82, 2.24) is 10.4 Å². The minimum absolute atomic E-state index is 0.250. The molecule has 5 aromatic rings. The van der Waals surface area contributed by atoms with Gasteiger partial charge in [0.25, 0.3) is 5.91 Å². The number of aromatic amines is 1. The number of fused-ring (bicyclic) bond motifs is 1. The molecule has 1 amide bonds. The summed E-state index contributed by atoms with van der Waals surface area (Å²) < 4.78 is 0. The van der Waals surface area contributed by atoms with Crippen molar-refractivity contribution in [3.8, 4) is 0 Å². The van der Waals surface area contributed by atoms with Crippen LogP contribution in [-0.2, 0) is 0 Å². The van der Waals surface area contributed by atoms with Gasteiger partial charge in [-0.1, -0.05) is 66.7 Å². The van der Waals surface area contributed by atoms with Gasteiger partial charge < -0.3 is 9.88 Å². The maximum atomic E-state index is 12.5. The predicted octanol–water partition coefficient (Wildman–Crippen LogP) is 6.40. The van der Waals surface area contributed by atoms with Crippen molar-refractivity contribution >= 4 is 40.1 Å². The molecule has 0 radical (unpaired) electrons. The predicted molar refractivity (Wildman–Crippen MR) is 134 cm³/mol.